The van der Waals surface area contributed by atoms with Gasteiger partial charge in [0.25, 0.3) is 0 Å². The van der Waals surface area contributed by atoms with E-state index in [0.29, 0.717) is 0 Å². The number of fused-ring (bicyclic) bond motifs is 1. The molecular formula is C11H11BrN2O3. The monoisotopic (exact) mass is 298 g/mol. The van der Waals surface area contributed by atoms with Crippen LogP contribution in [0.25, 0.3) is 0 Å². The van der Waals surface area contributed by atoms with Gasteiger partial charge < -0.3 is 15.3 Å². The van der Waals surface area contributed by atoms with Crippen molar-refractivity contribution in [3.63, 3.8) is 0 Å². The van der Waals surface area contributed by atoms with Gasteiger partial charge in [-0.15, -0.1) is 0 Å². The SMILES string of the molecule is CN1C(=O)C(CC(=O)O)Nc2cc(Br)ccc21. The Morgan fingerprint density at radius 3 is 2.94 bits per heavy atom. The molecule has 1 aliphatic heterocycles. The van der Waals surface area contributed by atoms with Crippen molar-refractivity contribution in [3.8, 4) is 0 Å². The summed E-state index contributed by atoms with van der Waals surface area (Å²) in [5.41, 5.74) is 1.51. The van der Waals surface area contributed by atoms with Gasteiger partial charge >= 0.3 is 5.97 Å². The van der Waals surface area contributed by atoms with Gasteiger partial charge in [0.15, 0.2) is 0 Å². The largest absolute Gasteiger partial charge is 0.481 e. The van der Waals surface area contributed by atoms with Crippen molar-refractivity contribution in [1.29, 1.82) is 0 Å². The number of aliphatic carboxylic acids is 1. The molecule has 1 heterocycles. The first-order chi connectivity index (χ1) is 7.99. The summed E-state index contributed by atoms with van der Waals surface area (Å²) in [4.78, 5) is 24.1. The molecular weight excluding hydrogens is 288 g/mol. The molecule has 5 nitrogen and oxygen atoms in total. The lowest BCUT2D eigenvalue weighted by Gasteiger charge is -2.32. The number of amides is 1. The van der Waals surface area contributed by atoms with E-state index in [4.69, 9.17) is 5.11 Å². The van der Waals surface area contributed by atoms with Crippen molar-refractivity contribution in [3.05, 3.63) is 22.7 Å². The molecule has 90 valence electrons. The van der Waals surface area contributed by atoms with Crippen LogP contribution >= 0.6 is 15.9 Å². The van der Waals surface area contributed by atoms with Crippen LogP contribution in [0.1, 0.15) is 6.42 Å². The zero-order valence-electron chi connectivity index (χ0n) is 9.11. The minimum atomic E-state index is -0.998. The van der Waals surface area contributed by atoms with Crippen LogP contribution in [0.5, 0.6) is 0 Å². The van der Waals surface area contributed by atoms with Crippen LogP contribution in [0.4, 0.5) is 11.4 Å². The van der Waals surface area contributed by atoms with E-state index in [9.17, 15) is 9.59 Å². The first-order valence-corrected chi connectivity index (χ1v) is 5.84. The van der Waals surface area contributed by atoms with E-state index in [2.05, 4.69) is 21.2 Å². The predicted octanol–water partition coefficient (Wildman–Crippen LogP) is 1.68. The number of anilines is 2. The van der Waals surface area contributed by atoms with Crippen LogP contribution in [0.15, 0.2) is 22.7 Å². The van der Waals surface area contributed by atoms with E-state index in [1.54, 1.807) is 13.1 Å². The molecule has 2 rings (SSSR count). The normalized spacial score (nSPS) is 18.6. The van der Waals surface area contributed by atoms with E-state index in [0.717, 1.165) is 15.8 Å². The van der Waals surface area contributed by atoms with E-state index >= 15 is 0 Å². The Balaban J connectivity index is 2.36. The Hall–Kier alpha value is -1.56. The lowest BCUT2D eigenvalue weighted by atomic mass is 10.1. The van der Waals surface area contributed by atoms with Crippen molar-refractivity contribution >= 4 is 39.2 Å². The number of likely N-dealkylation sites (N-methyl/N-ethyl adjacent to an activating group) is 1. The smallest absolute Gasteiger partial charge is 0.305 e. The lowest BCUT2D eigenvalue weighted by Crippen LogP contribution is -2.46. The molecule has 0 spiro atoms. The van der Waals surface area contributed by atoms with Crippen molar-refractivity contribution in [2.45, 2.75) is 12.5 Å². The number of nitrogens with one attached hydrogen (secondary N) is 1. The maximum atomic E-state index is 11.9. The highest BCUT2D eigenvalue weighted by Gasteiger charge is 2.31. The van der Waals surface area contributed by atoms with Crippen LogP contribution in [-0.4, -0.2) is 30.1 Å². The van der Waals surface area contributed by atoms with Gasteiger partial charge in [0.2, 0.25) is 5.91 Å². The van der Waals surface area contributed by atoms with Crippen molar-refractivity contribution < 1.29 is 14.7 Å². The third kappa shape index (κ3) is 2.26. The van der Waals surface area contributed by atoms with Gasteiger partial charge in [-0.2, -0.15) is 0 Å². The molecule has 1 aromatic rings. The van der Waals surface area contributed by atoms with Gasteiger partial charge in [0.05, 0.1) is 17.8 Å². The van der Waals surface area contributed by atoms with Crippen molar-refractivity contribution in [2.75, 3.05) is 17.3 Å². The van der Waals surface area contributed by atoms with Crippen LogP contribution in [0, 0.1) is 0 Å². The molecule has 2 N–H and O–H groups in total. The molecule has 17 heavy (non-hydrogen) atoms. The number of carbonyl (C=O) groups excluding carboxylic acids is 1. The maximum Gasteiger partial charge on any atom is 0.305 e. The Bertz CT molecular complexity index is 490. The summed E-state index contributed by atoms with van der Waals surface area (Å²) >= 11 is 3.34. The summed E-state index contributed by atoms with van der Waals surface area (Å²) in [7, 11) is 1.64. The summed E-state index contributed by atoms with van der Waals surface area (Å²) in [5.74, 6) is -1.23. The second-order valence-corrected chi connectivity index (χ2v) is 4.77. The quantitative estimate of drug-likeness (QED) is 0.871. The number of rotatable bonds is 2. The average molecular weight is 299 g/mol. The molecule has 1 aliphatic rings. The number of carboxylic acid groups (broad SMARTS) is 1. The highest BCUT2D eigenvalue weighted by molar-refractivity contribution is 9.10. The minimum Gasteiger partial charge on any atom is -0.481 e. The van der Waals surface area contributed by atoms with Crippen molar-refractivity contribution in [1.82, 2.24) is 0 Å². The fourth-order valence-electron chi connectivity index (χ4n) is 1.83. The molecule has 0 radical (unpaired) electrons. The number of hydrogen-bond acceptors (Lipinski definition) is 3. The highest BCUT2D eigenvalue weighted by atomic mass is 79.9. The third-order valence-corrected chi connectivity index (χ3v) is 3.15. The number of nitrogens with zero attached hydrogens (tertiary/aromatic N) is 1. The summed E-state index contributed by atoms with van der Waals surface area (Å²) in [6, 6.07) is 4.76. The molecule has 0 bridgehead atoms. The topological polar surface area (TPSA) is 69.6 Å². The van der Waals surface area contributed by atoms with E-state index in [-0.39, 0.29) is 12.3 Å². The zero-order valence-corrected chi connectivity index (χ0v) is 10.7. The maximum absolute atomic E-state index is 11.9. The van der Waals surface area contributed by atoms with Gasteiger partial charge in [0.1, 0.15) is 6.04 Å². The number of halogens is 1. The summed E-state index contributed by atoms with van der Waals surface area (Å²) in [5, 5.41) is 11.7. The third-order valence-electron chi connectivity index (χ3n) is 2.66. The molecule has 6 heteroatoms. The van der Waals surface area contributed by atoms with E-state index in [1.165, 1.54) is 4.90 Å². The Kier molecular flexibility index (Phi) is 3.06. The molecule has 0 aliphatic carbocycles. The van der Waals surface area contributed by atoms with Gasteiger partial charge in [-0.3, -0.25) is 9.59 Å². The summed E-state index contributed by atoms with van der Waals surface area (Å²) in [6.07, 6.45) is -0.227. The van der Waals surface area contributed by atoms with E-state index in [1.807, 2.05) is 12.1 Å². The number of benzene rings is 1. The second kappa shape index (κ2) is 4.37. The number of hydrogen-bond donors (Lipinski definition) is 2. The van der Waals surface area contributed by atoms with Crippen LogP contribution < -0.4 is 10.2 Å². The fraction of sp³-hybridized carbons (Fsp3) is 0.273. The Labute approximate surface area is 107 Å². The van der Waals surface area contributed by atoms with Crippen molar-refractivity contribution in [2.24, 2.45) is 0 Å². The fourth-order valence-corrected chi connectivity index (χ4v) is 2.19. The first-order valence-electron chi connectivity index (χ1n) is 5.04. The molecule has 1 aromatic carbocycles. The van der Waals surface area contributed by atoms with E-state index < -0.39 is 12.0 Å². The standard InChI is InChI=1S/C11H11BrN2O3/c1-14-9-3-2-6(12)4-7(9)13-8(11(14)17)5-10(15)16/h2-4,8,13H,5H2,1H3,(H,15,16). The molecule has 0 saturated carbocycles. The van der Waals surface area contributed by atoms with Crippen LogP contribution in [-0.2, 0) is 9.59 Å². The highest BCUT2D eigenvalue weighted by Crippen LogP contribution is 2.33. The van der Waals surface area contributed by atoms with Crippen LogP contribution in [0.2, 0.25) is 0 Å². The molecule has 1 atom stereocenters. The first kappa shape index (κ1) is 11.9. The predicted molar refractivity (Wildman–Crippen MR) is 67.2 cm³/mol. The molecule has 0 fully saturated rings. The molecule has 0 saturated heterocycles. The average Bonchev–Trinajstić information content (AvgIpc) is 2.24. The van der Waals surface area contributed by atoms with Gasteiger partial charge in [0, 0.05) is 11.5 Å². The molecule has 1 unspecified atom stereocenters. The summed E-state index contributed by atoms with van der Waals surface area (Å²) < 4.78 is 0.876. The molecule has 0 aromatic heterocycles. The lowest BCUT2D eigenvalue weighted by molar-refractivity contribution is -0.138. The van der Waals surface area contributed by atoms with Crippen LogP contribution in [0.3, 0.4) is 0 Å². The Morgan fingerprint density at radius 1 is 1.59 bits per heavy atom. The summed E-state index contributed by atoms with van der Waals surface area (Å²) in [6.45, 7) is 0. The van der Waals surface area contributed by atoms with Gasteiger partial charge in [-0.05, 0) is 18.2 Å². The minimum absolute atomic E-state index is 0.227. The zero-order chi connectivity index (χ0) is 12.6. The number of carbonyl (C=O) groups is 2. The van der Waals surface area contributed by atoms with Gasteiger partial charge in [-0.25, -0.2) is 0 Å². The molecule has 1 amide bonds. The number of carboxylic acids is 1. The Morgan fingerprint density at radius 2 is 2.29 bits per heavy atom. The second-order valence-electron chi connectivity index (χ2n) is 3.85. The van der Waals surface area contributed by atoms with Gasteiger partial charge in [-0.1, -0.05) is 15.9 Å².